The maximum absolute atomic E-state index is 14.1. The van der Waals surface area contributed by atoms with E-state index in [1.165, 1.54) is 17.0 Å². The van der Waals surface area contributed by atoms with Gasteiger partial charge in [-0.25, -0.2) is 12.8 Å². The van der Waals surface area contributed by atoms with Crippen molar-refractivity contribution >= 4 is 43.5 Å². The van der Waals surface area contributed by atoms with Crippen LogP contribution in [0.5, 0.6) is 0 Å². The topological polar surface area (TPSA) is 86.8 Å². The summed E-state index contributed by atoms with van der Waals surface area (Å²) >= 11 is 3.42. The van der Waals surface area contributed by atoms with Crippen LogP contribution in [0.15, 0.2) is 77.3 Å². The third kappa shape index (κ3) is 8.89. The number of hydrogen-bond acceptors (Lipinski definition) is 4. The molecule has 0 saturated carbocycles. The second-order valence-electron chi connectivity index (χ2n) is 10.8. The highest BCUT2D eigenvalue weighted by molar-refractivity contribution is 9.10. The van der Waals surface area contributed by atoms with E-state index in [1.807, 2.05) is 58.0 Å². The quantitative estimate of drug-likeness (QED) is 0.332. The predicted octanol–water partition coefficient (Wildman–Crippen LogP) is 5.22. The van der Waals surface area contributed by atoms with Gasteiger partial charge in [0.15, 0.2) is 0 Å². The van der Waals surface area contributed by atoms with E-state index in [0.29, 0.717) is 11.3 Å². The maximum atomic E-state index is 14.1. The zero-order valence-corrected chi connectivity index (χ0v) is 25.7. The number of aryl methyl sites for hydroxylation is 1. The summed E-state index contributed by atoms with van der Waals surface area (Å²) in [4.78, 5) is 29.1. The molecule has 0 spiro atoms. The molecular weight excluding hydrogens is 597 g/mol. The monoisotopic (exact) mass is 631 g/mol. The van der Waals surface area contributed by atoms with Crippen LogP contribution in [0.1, 0.15) is 37.5 Å². The molecule has 3 aromatic carbocycles. The SMILES string of the molecule is Cc1cc(N(CC(=O)N(Cc2ccc(F)cc2)[C@H](Cc2ccccc2)C(=O)NC(C)(C)C)S(C)(=O)=O)ccc1Br. The van der Waals surface area contributed by atoms with E-state index in [0.717, 1.165) is 26.2 Å². The fourth-order valence-electron chi connectivity index (χ4n) is 4.19. The zero-order chi connectivity index (χ0) is 29.7. The van der Waals surface area contributed by atoms with Crippen molar-refractivity contribution in [2.75, 3.05) is 17.1 Å². The van der Waals surface area contributed by atoms with Crippen molar-refractivity contribution in [2.45, 2.75) is 52.2 Å². The lowest BCUT2D eigenvalue weighted by Crippen LogP contribution is -2.56. The summed E-state index contributed by atoms with van der Waals surface area (Å²) in [6, 6.07) is 19.0. The van der Waals surface area contributed by atoms with Crippen molar-refractivity contribution in [3.8, 4) is 0 Å². The van der Waals surface area contributed by atoms with Crippen LogP contribution < -0.4 is 9.62 Å². The van der Waals surface area contributed by atoms with Crippen LogP contribution in [-0.2, 0) is 32.6 Å². The molecule has 0 aliphatic heterocycles. The molecule has 0 aliphatic rings. The lowest BCUT2D eigenvalue weighted by Gasteiger charge is -2.35. The van der Waals surface area contributed by atoms with Crippen molar-refractivity contribution in [3.05, 3.63) is 99.8 Å². The van der Waals surface area contributed by atoms with Crippen molar-refractivity contribution in [1.82, 2.24) is 10.2 Å². The lowest BCUT2D eigenvalue weighted by atomic mass is 10.0. The summed E-state index contributed by atoms with van der Waals surface area (Å²) in [6.07, 6.45) is 1.24. The Hall–Kier alpha value is -3.24. The molecule has 0 saturated heterocycles. The van der Waals surface area contributed by atoms with Gasteiger partial charge >= 0.3 is 0 Å². The van der Waals surface area contributed by atoms with Gasteiger partial charge in [-0.3, -0.25) is 13.9 Å². The Balaban J connectivity index is 2.08. The molecular formula is C30H35BrFN3O4S. The van der Waals surface area contributed by atoms with Crippen LogP contribution in [0.3, 0.4) is 0 Å². The first-order chi connectivity index (χ1) is 18.6. The van der Waals surface area contributed by atoms with E-state index in [9.17, 15) is 22.4 Å². The number of benzene rings is 3. The molecule has 40 heavy (non-hydrogen) atoms. The number of hydrogen-bond donors (Lipinski definition) is 1. The van der Waals surface area contributed by atoms with E-state index in [-0.39, 0.29) is 18.9 Å². The number of rotatable bonds is 10. The fourth-order valence-corrected chi connectivity index (χ4v) is 5.28. The van der Waals surface area contributed by atoms with Crippen molar-refractivity contribution in [3.63, 3.8) is 0 Å². The second kappa shape index (κ2) is 13.0. The third-order valence-electron chi connectivity index (χ3n) is 6.14. The normalized spacial score (nSPS) is 12.5. The highest BCUT2D eigenvalue weighted by atomic mass is 79.9. The van der Waals surface area contributed by atoms with E-state index in [4.69, 9.17) is 0 Å². The number of amides is 2. The zero-order valence-electron chi connectivity index (χ0n) is 23.3. The first kappa shape index (κ1) is 31.3. The highest BCUT2D eigenvalue weighted by Gasteiger charge is 2.34. The van der Waals surface area contributed by atoms with Gasteiger partial charge in [0.25, 0.3) is 0 Å². The van der Waals surface area contributed by atoms with E-state index in [2.05, 4.69) is 21.2 Å². The minimum atomic E-state index is -3.87. The largest absolute Gasteiger partial charge is 0.350 e. The minimum Gasteiger partial charge on any atom is -0.350 e. The molecule has 3 rings (SSSR count). The number of sulfonamides is 1. The number of nitrogens with zero attached hydrogens (tertiary/aromatic N) is 2. The van der Waals surface area contributed by atoms with Crippen molar-refractivity contribution in [2.24, 2.45) is 0 Å². The van der Waals surface area contributed by atoms with Gasteiger partial charge in [0, 0.05) is 23.0 Å². The van der Waals surface area contributed by atoms with E-state index < -0.39 is 39.9 Å². The Morgan fingerprint density at radius 2 is 1.60 bits per heavy atom. The number of halogens is 2. The van der Waals surface area contributed by atoms with Gasteiger partial charge in [0.05, 0.1) is 11.9 Å². The Labute approximate surface area is 244 Å². The molecule has 0 aromatic heterocycles. The number of nitrogens with one attached hydrogen (secondary N) is 1. The lowest BCUT2D eigenvalue weighted by molar-refractivity contribution is -0.140. The molecule has 3 aromatic rings. The van der Waals surface area contributed by atoms with Crippen LogP contribution in [0.4, 0.5) is 10.1 Å². The van der Waals surface area contributed by atoms with E-state index >= 15 is 0 Å². The molecule has 0 radical (unpaired) electrons. The molecule has 0 heterocycles. The van der Waals surface area contributed by atoms with Crippen LogP contribution in [0.25, 0.3) is 0 Å². The first-order valence-corrected chi connectivity index (χ1v) is 15.4. The summed E-state index contributed by atoms with van der Waals surface area (Å²) in [5, 5.41) is 2.97. The van der Waals surface area contributed by atoms with Gasteiger partial charge in [0.2, 0.25) is 21.8 Å². The van der Waals surface area contributed by atoms with E-state index in [1.54, 1.807) is 30.3 Å². The van der Waals surface area contributed by atoms with Crippen LogP contribution >= 0.6 is 15.9 Å². The molecule has 0 fully saturated rings. The fraction of sp³-hybridized carbons (Fsp3) is 0.333. The molecule has 0 unspecified atom stereocenters. The summed E-state index contributed by atoms with van der Waals surface area (Å²) in [7, 11) is -3.87. The molecule has 1 atom stereocenters. The standard InChI is InChI=1S/C30H35BrFN3O4S/c1-21-17-25(15-16-26(21)31)35(40(5,38)39)20-28(36)34(19-23-11-13-24(32)14-12-23)27(29(37)33-30(2,3)4)18-22-9-7-6-8-10-22/h6-17,27H,18-20H2,1-5H3,(H,33,37)/t27-/m1/s1. The molecule has 2 amide bonds. The van der Waals surface area contributed by atoms with Gasteiger partial charge in [-0.1, -0.05) is 58.4 Å². The van der Waals surface area contributed by atoms with Gasteiger partial charge in [0.1, 0.15) is 18.4 Å². The van der Waals surface area contributed by atoms with Gasteiger partial charge < -0.3 is 10.2 Å². The maximum Gasteiger partial charge on any atom is 0.244 e. The minimum absolute atomic E-state index is 0.0227. The smallest absolute Gasteiger partial charge is 0.244 e. The summed E-state index contributed by atoms with van der Waals surface area (Å²) in [5.41, 5.74) is 1.98. The summed E-state index contributed by atoms with van der Waals surface area (Å²) < 4.78 is 41.3. The third-order valence-corrected chi connectivity index (χ3v) is 8.17. The average molecular weight is 633 g/mol. The number of carbonyl (C=O) groups excluding carboxylic acids is 2. The summed E-state index contributed by atoms with van der Waals surface area (Å²) in [6.45, 7) is 6.82. The number of anilines is 1. The Kier molecular flexibility index (Phi) is 10.1. The van der Waals surface area contributed by atoms with Crippen molar-refractivity contribution in [1.29, 1.82) is 0 Å². The second-order valence-corrected chi connectivity index (χ2v) is 13.6. The summed E-state index contributed by atoms with van der Waals surface area (Å²) in [5.74, 6) is -1.38. The molecule has 7 nitrogen and oxygen atoms in total. The van der Waals surface area contributed by atoms with Gasteiger partial charge in [-0.05, 0) is 74.7 Å². The Morgan fingerprint density at radius 3 is 2.15 bits per heavy atom. The molecule has 214 valence electrons. The predicted molar refractivity (Wildman–Crippen MR) is 160 cm³/mol. The van der Waals surface area contributed by atoms with Gasteiger partial charge in [-0.2, -0.15) is 0 Å². The van der Waals surface area contributed by atoms with Crippen molar-refractivity contribution < 1.29 is 22.4 Å². The highest BCUT2D eigenvalue weighted by Crippen LogP contribution is 2.25. The van der Waals surface area contributed by atoms with Gasteiger partial charge in [-0.15, -0.1) is 0 Å². The van der Waals surface area contributed by atoms with Crippen LogP contribution in [0, 0.1) is 12.7 Å². The molecule has 0 bridgehead atoms. The van der Waals surface area contributed by atoms with Crippen LogP contribution in [0.2, 0.25) is 0 Å². The Bertz CT molecular complexity index is 1440. The average Bonchev–Trinajstić information content (AvgIpc) is 2.86. The van der Waals surface area contributed by atoms with Crippen LogP contribution in [-0.4, -0.2) is 49.5 Å². The molecule has 10 heteroatoms. The Morgan fingerprint density at radius 1 is 0.975 bits per heavy atom. The molecule has 0 aliphatic carbocycles. The first-order valence-electron chi connectivity index (χ1n) is 12.8. The molecule has 1 N–H and O–H groups in total. The number of carbonyl (C=O) groups is 2.